The van der Waals surface area contributed by atoms with Gasteiger partial charge in [-0.05, 0) is 22.3 Å². The molecule has 0 nitrogen and oxygen atoms in total. The van der Waals surface area contributed by atoms with Crippen LogP contribution in [0.4, 0.5) is 0 Å². The van der Waals surface area contributed by atoms with Gasteiger partial charge in [-0.25, -0.2) is 0 Å². The third-order valence-corrected chi connectivity index (χ3v) is 2.95. The molecule has 0 fully saturated rings. The Kier molecular flexibility index (Phi) is 5.18. The summed E-state index contributed by atoms with van der Waals surface area (Å²) in [6, 6.07) is 17.2. The van der Waals surface area contributed by atoms with Crippen molar-refractivity contribution in [3.05, 3.63) is 65.6 Å². The molecule has 1 radical (unpaired) electrons. The van der Waals surface area contributed by atoms with Crippen molar-refractivity contribution in [3.8, 4) is 11.1 Å². The summed E-state index contributed by atoms with van der Waals surface area (Å²) in [7, 11) is 14.9. The predicted molar refractivity (Wildman–Crippen MR) is 76.6 cm³/mol. The van der Waals surface area contributed by atoms with E-state index in [9.17, 15) is 0 Å². The molecule has 0 bridgehead atoms. The first kappa shape index (κ1) is 14.4. The molecule has 1 aliphatic carbocycles. The first-order valence-corrected chi connectivity index (χ1v) is 11.9. The van der Waals surface area contributed by atoms with Crippen LogP contribution >= 0.6 is 27.9 Å². The van der Waals surface area contributed by atoms with Crippen LogP contribution in [0.5, 0.6) is 0 Å². The van der Waals surface area contributed by atoms with Gasteiger partial charge in [0.15, 0.2) is 0 Å². The van der Waals surface area contributed by atoms with Crippen molar-refractivity contribution in [2.45, 2.75) is 6.92 Å². The van der Waals surface area contributed by atoms with Crippen molar-refractivity contribution < 1.29 is 14.7 Å². The Balaban J connectivity index is 0.000000267. The third kappa shape index (κ3) is 3.12. The zero-order chi connectivity index (χ0) is 13.1. The molecular weight excluding hydrogens is 322 g/mol. The standard InChI is InChI=1S/C14H11.3ClH.Ti/c1-10-11-6-2-4-8-13(11)14-9-5-3-7-12(10)14;;;;/h2-9H,1H3;3*1H;/q;;;;+3/p-3. The van der Waals surface area contributed by atoms with Crippen LogP contribution < -0.4 is 0 Å². The molecule has 2 aromatic carbocycles. The van der Waals surface area contributed by atoms with E-state index in [1.807, 2.05) is 0 Å². The Labute approximate surface area is 125 Å². The number of halogens is 3. The zero-order valence-corrected chi connectivity index (χ0v) is 13.6. The van der Waals surface area contributed by atoms with E-state index in [-0.39, 0.29) is 0 Å². The summed E-state index contributed by atoms with van der Waals surface area (Å²) >= 11 is -1.92. The molecule has 0 atom stereocenters. The molecule has 4 heteroatoms. The average Bonchev–Trinajstić information content (AvgIpc) is 2.64. The summed E-state index contributed by atoms with van der Waals surface area (Å²) in [6.07, 6.45) is 0. The van der Waals surface area contributed by atoms with E-state index in [1.165, 1.54) is 28.2 Å². The minimum atomic E-state index is -1.92. The van der Waals surface area contributed by atoms with E-state index < -0.39 is 14.7 Å². The van der Waals surface area contributed by atoms with Gasteiger partial charge in [-0.1, -0.05) is 55.5 Å². The second-order valence-corrected chi connectivity index (χ2v) is 11.7. The number of benzene rings is 2. The van der Waals surface area contributed by atoms with Gasteiger partial charge < -0.3 is 0 Å². The van der Waals surface area contributed by atoms with E-state index in [0.29, 0.717) is 0 Å². The van der Waals surface area contributed by atoms with Gasteiger partial charge in [0.25, 0.3) is 0 Å². The third-order valence-electron chi connectivity index (χ3n) is 2.95. The van der Waals surface area contributed by atoms with Gasteiger partial charge in [0, 0.05) is 5.92 Å². The zero-order valence-electron chi connectivity index (χ0n) is 9.75. The second-order valence-electron chi connectivity index (χ2n) is 3.93. The fourth-order valence-electron chi connectivity index (χ4n) is 2.24. The van der Waals surface area contributed by atoms with Crippen LogP contribution in [0.1, 0.15) is 18.1 Å². The SMILES string of the molecule is C[C]1c2ccccc2-c2ccccc21.[Cl][Ti]([Cl])[Cl]. The topological polar surface area (TPSA) is 0 Å². The molecule has 0 amide bonds. The second kappa shape index (κ2) is 6.45. The van der Waals surface area contributed by atoms with Gasteiger partial charge in [-0.3, -0.25) is 0 Å². The minimum absolute atomic E-state index is 1.38. The van der Waals surface area contributed by atoms with E-state index in [2.05, 4.69) is 55.5 Å². The molecule has 2 aromatic rings. The first-order chi connectivity index (χ1) is 8.61. The summed E-state index contributed by atoms with van der Waals surface area (Å²) < 4.78 is 0. The Bertz CT molecular complexity index is 492. The number of hydrogen-bond donors (Lipinski definition) is 0. The van der Waals surface area contributed by atoms with Crippen LogP contribution in [0.25, 0.3) is 11.1 Å². The molecule has 0 aromatic heterocycles. The van der Waals surface area contributed by atoms with Crippen LogP contribution in [-0.4, -0.2) is 0 Å². The molecule has 92 valence electrons. The summed E-state index contributed by atoms with van der Waals surface area (Å²) in [5, 5.41) is 0. The van der Waals surface area contributed by atoms with E-state index >= 15 is 0 Å². The average molecular weight is 333 g/mol. The van der Waals surface area contributed by atoms with Gasteiger partial charge in [0.05, 0.1) is 0 Å². The fourth-order valence-corrected chi connectivity index (χ4v) is 2.24. The van der Waals surface area contributed by atoms with E-state index in [1.54, 1.807) is 0 Å². The number of fused-ring (bicyclic) bond motifs is 3. The molecule has 0 aliphatic heterocycles. The van der Waals surface area contributed by atoms with Gasteiger partial charge in [0.2, 0.25) is 0 Å². The molecule has 0 heterocycles. The Morgan fingerprint density at radius 2 is 0.944 bits per heavy atom. The number of rotatable bonds is 0. The summed E-state index contributed by atoms with van der Waals surface area (Å²) in [5.41, 5.74) is 5.52. The summed E-state index contributed by atoms with van der Waals surface area (Å²) in [4.78, 5) is 0. The predicted octanol–water partition coefficient (Wildman–Crippen LogP) is 5.72. The van der Waals surface area contributed by atoms with Crippen LogP contribution in [0, 0.1) is 5.92 Å². The maximum absolute atomic E-state index is 4.97. The molecule has 0 spiro atoms. The van der Waals surface area contributed by atoms with Crippen molar-refractivity contribution in [2.75, 3.05) is 0 Å². The molecule has 3 rings (SSSR count). The normalized spacial score (nSPS) is 12.2. The first-order valence-electron chi connectivity index (χ1n) is 5.47. The van der Waals surface area contributed by atoms with Gasteiger partial charge in [-0.15, -0.1) is 0 Å². The molecule has 0 saturated carbocycles. The van der Waals surface area contributed by atoms with Crippen LogP contribution in [0.2, 0.25) is 0 Å². The monoisotopic (exact) mass is 332 g/mol. The van der Waals surface area contributed by atoms with E-state index in [0.717, 1.165) is 0 Å². The van der Waals surface area contributed by atoms with Crippen molar-refractivity contribution in [3.63, 3.8) is 0 Å². The Morgan fingerprint density at radius 3 is 1.28 bits per heavy atom. The quantitative estimate of drug-likeness (QED) is 0.541. The molecule has 0 saturated heterocycles. The van der Waals surface area contributed by atoms with Crippen molar-refractivity contribution in [1.82, 2.24) is 0 Å². The molecule has 0 N–H and O–H groups in total. The van der Waals surface area contributed by atoms with Crippen LogP contribution in [0.15, 0.2) is 48.5 Å². The Hall–Kier alpha value is 0.0243. The molecule has 0 unspecified atom stereocenters. The summed E-state index contributed by atoms with van der Waals surface area (Å²) in [6.45, 7) is 2.20. The fraction of sp³-hybridized carbons (Fsp3) is 0.0714. The van der Waals surface area contributed by atoms with Crippen molar-refractivity contribution in [1.29, 1.82) is 0 Å². The van der Waals surface area contributed by atoms with Crippen LogP contribution in [-0.2, 0) is 14.7 Å². The van der Waals surface area contributed by atoms with Gasteiger partial charge >= 0.3 is 42.6 Å². The Morgan fingerprint density at radius 1 is 0.667 bits per heavy atom. The molecule has 1 aliphatic rings. The van der Waals surface area contributed by atoms with Gasteiger partial charge in [-0.2, -0.15) is 0 Å². The van der Waals surface area contributed by atoms with Crippen molar-refractivity contribution >= 4 is 27.9 Å². The van der Waals surface area contributed by atoms with Gasteiger partial charge in [0.1, 0.15) is 0 Å². The van der Waals surface area contributed by atoms with Crippen molar-refractivity contribution in [2.24, 2.45) is 0 Å². The number of hydrogen-bond acceptors (Lipinski definition) is 0. The van der Waals surface area contributed by atoms with Crippen LogP contribution in [0.3, 0.4) is 0 Å². The summed E-state index contributed by atoms with van der Waals surface area (Å²) in [5.74, 6) is 1.40. The maximum atomic E-state index is 4.97. The van der Waals surface area contributed by atoms with E-state index in [4.69, 9.17) is 27.9 Å². The molecule has 18 heavy (non-hydrogen) atoms. The molecular formula is C14H11Cl3Ti.